The Bertz CT molecular complexity index is 475. The second kappa shape index (κ2) is 3.22. The molecule has 14 heavy (non-hydrogen) atoms. The molecule has 72 valence electrons. The summed E-state index contributed by atoms with van der Waals surface area (Å²) in [4.78, 5) is 0. The molecule has 0 fully saturated rings. The first-order chi connectivity index (χ1) is 6.72. The fourth-order valence-electron chi connectivity index (χ4n) is 1.69. The molecule has 2 aromatic carbocycles. The van der Waals surface area contributed by atoms with Crippen molar-refractivity contribution in [3.05, 3.63) is 35.9 Å². The Kier molecular flexibility index (Phi) is 2.04. The topological polar surface area (TPSA) is 40.5 Å². The van der Waals surface area contributed by atoms with Crippen LogP contribution < -0.4 is 0 Å². The zero-order valence-corrected chi connectivity index (χ0v) is 7.99. The number of fused-ring (bicyclic) bond motifs is 1. The molecule has 2 N–H and O–H groups in total. The van der Waals surface area contributed by atoms with E-state index in [1.54, 1.807) is 24.3 Å². The molecule has 0 heterocycles. The van der Waals surface area contributed by atoms with Gasteiger partial charge in [0, 0.05) is 5.39 Å². The smallest absolute Gasteiger partial charge is 0.123 e. The summed E-state index contributed by atoms with van der Waals surface area (Å²) < 4.78 is 0. The number of hydrogen-bond donors (Lipinski definition) is 2. The van der Waals surface area contributed by atoms with Crippen LogP contribution in [-0.2, 0) is 6.42 Å². The molecule has 0 aromatic heterocycles. The average Bonchev–Trinajstić information content (AvgIpc) is 2.18. The van der Waals surface area contributed by atoms with Gasteiger partial charge in [-0.3, -0.25) is 0 Å². The lowest BCUT2D eigenvalue weighted by atomic mass is 10.0. The van der Waals surface area contributed by atoms with Crippen LogP contribution in [0.1, 0.15) is 12.5 Å². The highest BCUT2D eigenvalue weighted by Crippen LogP contribution is 2.30. The van der Waals surface area contributed by atoms with Crippen molar-refractivity contribution >= 4 is 10.8 Å². The van der Waals surface area contributed by atoms with Crippen molar-refractivity contribution in [1.29, 1.82) is 0 Å². The second-order valence-corrected chi connectivity index (χ2v) is 3.33. The summed E-state index contributed by atoms with van der Waals surface area (Å²) in [6, 6.07) is 8.59. The van der Waals surface area contributed by atoms with Crippen molar-refractivity contribution < 1.29 is 10.2 Å². The van der Waals surface area contributed by atoms with Gasteiger partial charge in [0.15, 0.2) is 0 Å². The highest BCUT2D eigenvalue weighted by atomic mass is 16.3. The number of phenolic OH excluding ortho intramolecular Hbond substituents is 2. The molecule has 2 aromatic rings. The number of aryl methyl sites for hydroxylation is 1. The van der Waals surface area contributed by atoms with Crippen LogP contribution >= 0.6 is 0 Å². The maximum absolute atomic E-state index is 9.60. The van der Waals surface area contributed by atoms with Crippen molar-refractivity contribution in [1.82, 2.24) is 0 Å². The number of aromatic hydroxyl groups is 2. The van der Waals surface area contributed by atoms with Gasteiger partial charge in [0.1, 0.15) is 11.5 Å². The van der Waals surface area contributed by atoms with Gasteiger partial charge >= 0.3 is 0 Å². The van der Waals surface area contributed by atoms with E-state index in [-0.39, 0.29) is 11.5 Å². The van der Waals surface area contributed by atoms with Gasteiger partial charge in [0.25, 0.3) is 0 Å². The van der Waals surface area contributed by atoms with E-state index < -0.39 is 0 Å². The maximum Gasteiger partial charge on any atom is 0.123 e. The van der Waals surface area contributed by atoms with Crippen LogP contribution in [0.5, 0.6) is 11.5 Å². The Labute approximate surface area is 82.4 Å². The number of rotatable bonds is 1. The van der Waals surface area contributed by atoms with Crippen LogP contribution in [0.15, 0.2) is 30.3 Å². The lowest BCUT2D eigenvalue weighted by Gasteiger charge is -2.06. The molecule has 0 aliphatic rings. The summed E-state index contributed by atoms with van der Waals surface area (Å²) in [5.74, 6) is 0.495. The summed E-state index contributed by atoms with van der Waals surface area (Å²) in [6.07, 6.45) is 0.889. The minimum atomic E-state index is 0.234. The first-order valence-corrected chi connectivity index (χ1v) is 4.66. The van der Waals surface area contributed by atoms with Gasteiger partial charge < -0.3 is 10.2 Å². The van der Waals surface area contributed by atoms with Crippen LogP contribution in [0.4, 0.5) is 0 Å². The van der Waals surface area contributed by atoms with Crippen LogP contribution in [0.3, 0.4) is 0 Å². The van der Waals surface area contributed by atoms with E-state index in [4.69, 9.17) is 0 Å². The summed E-state index contributed by atoms with van der Waals surface area (Å²) in [6.45, 7) is 2.05. The standard InChI is InChI=1S/C12H12O2/c1-2-8-3-6-12(14)10-5-4-9(13)7-11(8)10/h3-7,13-14H,2H2,1H3. The van der Waals surface area contributed by atoms with Gasteiger partial charge in [-0.1, -0.05) is 13.0 Å². The van der Waals surface area contributed by atoms with E-state index in [9.17, 15) is 10.2 Å². The highest BCUT2D eigenvalue weighted by Gasteiger charge is 2.04. The van der Waals surface area contributed by atoms with Crippen LogP contribution in [0, 0.1) is 0 Å². The van der Waals surface area contributed by atoms with Gasteiger partial charge in [-0.25, -0.2) is 0 Å². The number of phenols is 2. The predicted octanol–water partition coefficient (Wildman–Crippen LogP) is 2.81. The Hall–Kier alpha value is -1.70. The first-order valence-electron chi connectivity index (χ1n) is 4.66. The summed E-state index contributed by atoms with van der Waals surface area (Å²) in [7, 11) is 0. The van der Waals surface area contributed by atoms with Gasteiger partial charge in [0.05, 0.1) is 0 Å². The Morgan fingerprint density at radius 1 is 1.00 bits per heavy atom. The third kappa shape index (κ3) is 1.29. The van der Waals surface area contributed by atoms with Crippen molar-refractivity contribution in [3.63, 3.8) is 0 Å². The van der Waals surface area contributed by atoms with E-state index >= 15 is 0 Å². The average molecular weight is 188 g/mol. The first kappa shape index (κ1) is 8.88. The molecule has 0 saturated carbocycles. The van der Waals surface area contributed by atoms with Crippen LogP contribution in [0.25, 0.3) is 10.8 Å². The highest BCUT2D eigenvalue weighted by molar-refractivity contribution is 5.91. The minimum Gasteiger partial charge on any atom is -0.508 e. The lowest BCUT2D eigenvalue weighted by Crippen LogP contribution is -1.83. The maximum atomic E-state index is 9.60. The number of hydrogen-bond acceptors (Lipinski definition) is 2. The Morgan fingerprint density at radius 3 is 2.50 bits per heavy atom. The van der Waals surface area contributed by atoms with Crippen molar-refractivity contribution in [2.75, 3.05) is 0 Å². The fourth-order valence-corrected chi connectivity index (χ4v) is 1.69. The summed E-state index contributed by atoms with van der Waals surface area (Å²) >= 11 is 0. The molecule has 0 atom stereocenters. The lowest BCUT2D eigenvalue weighted by molar-refractivity contribution is 0.475. The molecule has 0 saturated heterocycles. The molecule has 0 radical (unpaired) electrons. The molecule has 2 nitrogen and oxygen atoms in total. The van der Waals surface area contributed by atoms with Gasteiger partial charge in [-0.15, -0.1) is 0 Å². The predicted molar refractivity (Wildman–Crippen MR) is 56.7 cm³/mol. The van der Waals surface area contributed by atoms with E-state index in [2.05, 4.69) is 6.92 Å². The van der Waals surface area contributed by atoms with Gasteiger partial charge in [-0.2, -0.15) is 0 Å². The van der Waals surface area contributed by atoms with E-state index in [0.29, 0.717) is 0 Å². The molecule has 0 aliphatic carbocycles. The third-order valence-corrected chi connectivity index (χ3v) is 2.45. The Balaban J connectivity index is 2.85. The monoisotopic (exact) mass is 188 g/mol. The molecule has 0 unspecified atom stereocenters. The largest absolute Gasteiger partial charge is 0.508 e. The molecule has 0 spiro atoms. The quantitative estimate of drug-likeness (QED) is 0.722. The van der Waals surface area contributed by atoms with E-state index in [1.165, 1.54) is 0 Å². The number of benzene rings is 2. The van der Waals surface area contributed by atoms with Crippen LogP contribution in [-0.4, -0.2) is 10.2 Å². The summed E-state index contributed by atoms with van der Waals surface area (Å²) in [5, 5.41) is 20.7. The fraction of sp³-hybridized carbons (Fsp3) is 0.167. The normalized spacial score (nSPS) is 10.6. The minimum absolute atomic E-state index is 0.234. The van der Waals surface area contributed by atoms with E-state index in [0.717, 1.165) is 22.8 Å². The molecular weight excluding hydrogens is 176 g/mol. The molecule has 0 aliphatic heterocycles. The van der Waals surface area contributed by atoms with Gasteiger partial charge in [-0.05, 0) is 41.6 Å². The van der Waals surface area contributed by atoms with Crippen LogP contribution in [0.2, 0.25) is 0 Å². The summed E-state index contributed by atoms with van der Waals surface area (Å²) in [5.41, 5.74) is 1.13. The molecule has 2 heteroatoms. The zero-order chi connectivity index (χ0) is 10.1. The SMILES string of the molecule is CCc1ccc(O)c2ccc(O)cc12. The molecular formula is C12H12O2. The van der Waals surface area contributed by atoms with Crippen molar-refractivity contribution in [2.24, 2.45) is 0 Å². The second-order valence-electron chi connectivity index (χ2n) is 3.33. The zero-order valence-electron chi connectivity index (χ0n) is 7.99. The third-order valence-electron chi connectivity index (χ3n) is 2.45. The Morgan fingerprint density at radius 2 is 1.79 bits per heavy atom. The van der Waals surface area contributed by atoms with Crippen molar-refractivity contribution in [3.8, 4) is 11.5 Å². The molecule has 2 rings (SSSR count). The van der Waals surface area contributed by atoms with E-state index in [1.807, 2.05) is 6.07 Å². The van der Waals surface area contributed by atoms with Crippen molar-refractivity contribution in [2.45, 2.75) is 13.3 Å². The molecule has 0 amide bonds. The molecule has 0 bridgehead atoms. The van der Waals surface area contributed by atoms with Gasteiger partial charge in [0.2, 0.25) is 0 Å².